The monoisotopic (exact) mass is 251 g/mol. The zero-order valence-corrected chi connectivity index (χ0v) is 8.49. The molecule has 0 aliphatic heterocycles. The van der Waals surface area contributed by atoms with E-state index in [0.29, 0.717) is 0 Å². The normalized spacial score (nSPS) is 10.5. The largest absolute Gasteiger partial charge is 0.305 e. The first-order chi connectivity index (χ1) is 6.16. The van der Waals surface area contributed by atoms with E-state index in [1.807, 2.05) is 0 Å². The van der Waals surface area contributed by atoms with Gasteiger partial charge in [-0.25, -0.2) is 8.78 Å². The van der Waals surface area contributed by atoms with Crippen molar-refractivity contribution < 1.29 is 13.6 Å². The predicted molar refractivity (Wildman–Crippen MR) is 47.9 cm³/mol. The van der Waals surface area contributed by atoms with Crippen molar-refractivity contribution in [1.29, 1.82) is 0 Å². The zero-order chi connectivity index (χ0) is 9.84. The maximum Gasteiger partial charge on any atom is 0.173 e. The van der Waals surface area contributed by atoms with E-state index in [4.69, 9.17) is 0 Å². The van der Waals surface area contributed by atoms with Crippen LogP contribution in [0.15, 0.2) is 16.6 Å². The van der Waals surface area contributed by atoms with Gasteiger partial charge in [0.1, 0.15) is 0 Å². The number of hydrogen-bond donors (Lipinski definition) is 1. The van der Waals surface area contributed by atoms with Gasteiger partial charge in [0.15, 0.2) is 11.6 Å². The number of halogens is 3. The molecule has 0 aromatic heterocycles. The smallest absolute Gasteiger partial charge is 0.173 e. The van der Waals surface area contributed by atoms with Gasteiger partial charge in [-0.2, -0.15) is 5.48 Å². The van der Waals surface area contributed by atoms with Crippen molar-refractivity contribution in [3.05, 3.63) is 33.8 Å². The average Bonchev–Trinajstić information content (AvgIpc) is 2.13. The molecule has 0 saturated carbocycles. The lowest BCUT2D eigenvalue weighted by molar-refractivity contribution is 0.0857. The van der Waals surface area contributed by atoms with E-state index in [-0.39, 0.29) is 16.6 Å². The molecule has 72 valence electrons. The third kappa shape index (κ3) is 2.46. The molecule has 5 heteroatoms. The fourth-order valence-electron chi connectivity index (χ4n) is 0.852. The topological polar surface area (TPSA) is 21.3 Å². The molecule has 0 saturated heterocycles. The molecule has 0 amide bonds. The lowest BCUT2D eigenvalue weighted by Gasteiger charge is -2.05. The molecular weight excluding hydrogens is 244 g/mol. The summed E-state index contributed by atoms with van der Waals surface area (Å²) in [5.74, 6) is -1.74. The summed E-state index contributed by atoms with van der Waals surface area (Å²) in [5.41, 5.74) is 2.65. The summed E-state index contributed by atoms with van der Waals surface area (Å²) in [4.78, 5) is 4.52. The van der Waals surface area contributed by atoms with Gasteiger partial charge in [-0.3, -0.25) is 0 Å². The average molecular weight is 252 g/mol. The van der Waals surface area contributed by atoms with Gasteiger partial charge in [0, 0.05) is 12.1 Å². The summed E-state index contributed by atoms with van der Waals surface area (Å²) in [5, 5.41) is 0. The van der Waals surface area contributed by atoms with Crippen LogP contribution in [-0.4, -0.2) is 7.11 Å². The molecule has 0 unspecified atom stereocenters. The van der Waals surface area contributed by atoms with Crippen LogP contribution < -0.4 is 5.48 Å². The van der Waals surface area contributed by atoms with Crippen molar-refractivity contribution in [3.8, 4) is 0 Å². The summed E-state index contributed by atoms with van der Waals surface area (Å²) < 4.78 is 26.1. The van der Waals surface area contributed by atoms with Crippen LogP contribution in [0.5, 0.6) is 0 Å². The highest BCUT2D eigenvalue weighted by Crippen LogP contribution is 2.20. The van der Waals surface area contributed by atoms with E-state index in [9.17, 15) is 8.78 Å². The van der Waals surface area contributed by atoms with Crippen LogP contribution >= 0.6 is 15.9 Å². The van der Waals surface area contributed by atoms with Crippen molar-refractivity contribution in [2.24, 2.45) is 0 Å². The summed E-state index contributed by atoms with van der Waals surface area (Å²) in [6.07, 6.45) is 0. The van der Waals surface area contributed by atoms with Crippen molar-refractivity contribution in [3.63, 3.8) is 0 Å². The van der Waals surface area contributed by atoms with Gasteiger partial charge < -0.3 is 4.84 Å². The van der Waals surface area contributed by atoms with E-state index < -0.39 is 11.6 Å². The Morgan fingerprint density at radius 2 is 2.08 bits per heavy atom. The summed E-state index contributed by atoms with van der Waals surface area (Å²) >= 11 is 2.88. The summed E-state index contributed by atoms with van der Waals surface area (Å²) in [7, 11) is 1.41. The highest BCUT2D eigenvalue weighted by atomic mass is 79.9. The molecule has 1 aromatic rings. The molecule has 1 aromatic carbocycles. The molecule has 0 atom stereocenters. The Balaban J connectivity index is 2.90. The van der Waals surface area contributed by atoms with Crippen molar-refractivity contribution in [1.82, 2.24) is 5.48 Å². The van der Waals surface area contributed by atoms with Crippen LogP contribution in [-0.2, 0) is 11.4 Å². The third-order valence-corrected chi connectivity index (χ3v) is 2.13. The SMILES string of the molecule is CONCc1ccc(Br)c(F)c1F. The standard InChI is InChI=1S/C8H8BrF2NO/c1-13-12-4-5-2-3-6(9)8(11)7(5)10/h2-3,12H,4H2,1H3. The van der Waals surface area contributed by atoms with E-state index in [1.165, 1.54) is 19.2 Å². The van der Waals surface area contributed by atoms with Crippen LogP contribution in [0.1, 0.15) is 5.56 Å². The number of hydroxylamine groups is 1. The summed E-state index contributed by atoms with van der Waals surface area (Å²) in [6, 6.07) is 2.93. The second kappa shape index (κ2) is 4.64. The van der Waals surface area contributed by atoms with Gasteiger partial charge in [0.25, 0.3) is 0 Å². The predicted octanol–water partition coefficient (Wildman–Crippen LogP) is 2.38. The van der Waals surface area contributed by atoms with Gasteiger partial charge in [-0.05, 0) is 22.0 Å². The minimum atomic E-state index is -0.879. The molecule has 0 heterocycles. The van der Waals surface area contributed by atoms with Gasteiger partial charge in [0.05, 0.1) is 11.6 Å². The molecule has 0 fully saturated rings. The Bertz CT molecular complexity index is 306. The first-order valence-electron chi connectivity index (χ1n) is 3.55. The Morgan fingerprint density at radius 1 is 1.38 bits per heavy atom. The van der Waals surface area contributed by atoms with E-state index in [2.05, 4.69) is 26.2 Å². The number of hydrogen-bond acceptors (Lipinski definition) is 2. The van der Waals surface area contributed by atoms with E-state index >= 15 is 0 Å². The lowest BCUT2D eigenvalue weighted by atomic mass is 10.2. The second-order valence-electron chi connectivity index (χ2n) is 2.36. The molecular formula is C8H8BrF2NO. The molecule has 0 spiro atoms. The highest BCUT2D eigenvalue weighted by Gasteiger charge is 2.10. The maximum atomic E-state index is 13.1. The van der Waals surface area contributed by atoms with E-state index in [0.717, 1.165) is 0 Å². The van der Waals surface area contributed by atoms with Gasteiger partial charge in [-0.15, -0.1) is 0 Å². The zero-order valence-electron chi connectivity index (χ0n) is 6.90. The molecule has 2 nitrogen and oxygen atoms in total. The van der Waals surface area contributed by atoms with Crippen LogP contribution in [0.25, 0.3) is 0 Å². The fourth-order valence-corrected chi connectivity index (χ4v) is 1.16. The molecule has 0 aliphatic carbocycles. The van der Waals surface area contributed by atoms with Crippen molar-refractivity contribution in [2.45, 2.75) is 6.54 Å². The Morgan fingerprint density at radius 3 is 2.69 bits per heavy atom. The summed E-state index contributed by atoms with van der Waals surface area (Å²) in [6.45, 7) is 0.131. The van der Waals surface area contributed by atoms with Gasteiger partial charge >= 0.3 is 0 Å². The quantitative estimate of drug-likeness (QED) is 0.658. The van der Waals surface area contributed by atoms with Gasteiger partial charge in [0.2, 0.25) is 0 Å². The molecule has 13 heavy (non-hydrogen) atoms. The molecule has 0 bridgehead atoms. The number of nitrogens with one attached hydrogen (secondary N) is 1. The number of benzene rings is 1. The minimum absolute atomic E-state index is 0.117. The van der Waals surface area contributed by atoms with Gasteiger partial charge in [-0.1, -0.05) is 6.07 Å². The Hall–Kier alpha value is -0.520. The maximum absolute atomic E-state index is 13.1. The molecule has 1 N–H and O–H groups in total. The van der Waals surface area contributed by atoms with E-state index in [1.54, 1.807) is 0 Å². The first kappa shape index (κ1) is 10.6. The third-order valence-electron chi connectivity index (χ3n) is 1.52. The van der Waals surface area contributed by atoms with Crippen molar-refractivity contribution in [2.75, 3.05) is 7.11 Å². The van der Waals surface area contributed by atoms with Crippen molar-refractivity contribution >= 4 is 15.9 Å². The molecule has 0 radical (unpaired) electrons. The molecule has 1 rings (SSSR count). The highest BCUT2D eigenvalue weighted by molar-refractivity contribution is 9.10. The van der Waals surface area contributed by atoms with Crippen LogP contribution in [0.4, 0.5) is 8.78 Å². The molecule has 0 aliphatic rings. The fraction of sp³-hybridized carbons (Fsp3) is 0.250. The Kier molecular flexibility index (Phi) is 3.77. The number of rotatable bonds is 3. The second-order valence-corrected chi connectivity index (χ2v) is 3.21. The van der Waals surface area contributed by atoms with Crippen LogP contribution in [0.2, 0.25) is 0 Å². The first-order valence-corrected chi connectivity index (χ1v) is 4.34. The lowest BCUT2D eigenvalue weighted by Crippen LogP contribution is -2.12. The Labute approximate surface area is 83.0 Å². The minimum Gasteiger partial charge on any atom is -0.305 e. The van der Waals surface area contributed by atoms with Crippen LogP contribution in [0.3, 0.4) is 0 Å². The van der Waals surface area contributed by atoms with Crippen LogP contribution in [0, 0.1) is 11.6 Å².